The van der Waals surface area contributed by atoms with Gasteiger partial charge < -0.3 is 43.3 Å². The zero-order chi connectivity index (χ0) is 51.1. The van der Waals surface area contributed by atoms with Crippen molar-refractivity contribution in [3.05, 3.63) is 106 Å². The van der Waals surface area contributed by atoms with E-state index in [-0.39, 0.29) is 118 Å². The number of carbonyl (C=O) groups is 7. The van der Waals surface area contributed by atoms with Gasteiger partial charge in [0, 0.05) is 106 Å². The van der Waals surface area contributed by atoms with E-state index in [2.05, 4.69) is 0 Å². The molecule has 4 heterocycles. The minimum Gasteiger partial charge on any atom is -0.426 e. The number of thiophene rings is 1. The SMILES string of the molecule is CC(=O)Oc1cc2c(c3ccccc13)[C@H](CCl)CN2C(=O)c1ccc(C(=O)N2C[C@@H](CCl)c3c2cc(OC(=O)N(C)CCN(C)C(=O)CCOCCOCCOCCN2C(=O)C=CC2=O)c2ccccc32)s1. The fourth-order valence-corrected chi connectivity index (χ4v) is 10.4. The first kappa shape index (κ1) is 51.9. The summed E-state index contributed by atoms with van der Waals surface area (Å²) in [6.07, 6.45) is 1.91. The highest BCUT2D eigenvalue weighted by atomic mass is 35.5. The number of anilines is 2. The van der Waals surface area contributed by atoms with Crippen LogP contribution < -0.4 is 19.3 Å². The van der Waals surface area contributed by atoms with Gasteiger partial charge in [0.05, 0.1) is 73.7 Å². The van der Waals surface area contributed by atoms with Gasteiger partial charge in [0.15, 0.2) is 0 Å². The lowest BCUT2D eigenvalue weighted by molar-refractivity contribution is -0.138. The summed E-state index contributed by atoms with van der Waals surface area (Å²) in [6, 6.07) is 21.6. The van der Waals surface area contributed by atoms with Crippen LogP contribution in [0.25, 0.3) is 21.5 Å². The maximum Gasteiger partial charge on any atom is 0.415 e. The van der Waals surface area contributed by atoms with E-state index in [9.17, 15) is 33.6 Å². The number of hydrogen-bond acceptors (Lipinski definition) is 13. The summed E-state index contributed by atoms with van der Waals surface area (Å²) in [4.78, 5) is 98.5. The van der Waals surface area contributed by atoms with Gasteiger partial charge in [-0.25, -0.2) is 4.79 Å². The van der Waals surface area contributed by atoms with Crippen LogP contribution in [0.1, 0.15) is 55.7 Å². The average molecular weight is 1040 g/mol. The molecule has 0 bridgehead atoms. The molecule has 0 spiro atoms. The lowest BCUT2D eigenvalue weighted by atomic mass is 9.95. The van der Waals surface area contributed by atoms with Gasteiger partial charge in [-0.05, 0) is 34.0 Å². The highest BCUT2D eigenvalue weighted by molar-refractivity contribution is 7.16. The summed E-state index contributed by atoms with van der Waals surface area (Å²) in [5.41, 5.74) is 2.86. The van der Waals surface area contributed by atoms with Crippen LogP contribution in [0.2, 0.25) is 0 Å². The normalized spacial score (nSPS) is 15.9. The Bertz CT molecular complexity index is 2930. The first-order chi connectivity index (χ1) is 34.8. The molecule has 378 valence electrons. The van der Waals surface area contributed by atoms with Crippen LogP contribution in [0, 0.1) is 0 Å². The second-order valence-electron chi connectivity index (χ2n) is 17.4. The van der Waals surface area contributed by atoms with E-state index in [0.29, 0.717) is 52.0 Å². The van der Waals surface area contributed by atoms with Crippen molar-refractivity contribution in [3.8, 4) is 11.5 Å². The molecule has 6 amide bonds. The van der Waals surface area contributed by atoms with Crippen LogP contribution >= 0.6 is 34.5 Å². The molecule has 3 aliphatic rings. The number of nitrogens with zero attached hydrogens (tertiary/aromatic N) is 5. The van der Waals surface area contributed by atoms with Gasteiger partial charge in [-0.15, -0.1) is 34.5 Å². The summed E-state index contributed by atoms with van der Waals surface area (Å²) in [5.74, 6) is -1.42. The molecule has 0 aliphatic carbocycles. The van der Waals surface area contributed by atoms with Crippen LogP contribution in [-0.4, -0.2) is 155 Å². The standard InChI is InChI=1S/C52H53Cl2N5O12S/c1-32(60)70-41-26-39-48(37-10-6-4-8-35(37)41)33(28-53)30-58(39)50(64)43-12-13-44(72-43)51(65)59-31-34(29-54)49-38-11-7-5-9-36(38)42(27-40(49)59)71-52(66)56(3)18-17-55(2)45(61)16-20-67-22-24-69-25-23-68-21-19-57-46(62)14-15-47(57)63/h4-15,26-27,33-34H,16-25,28-31H2,1-3H3/t33-,34-/m1/s1. The third-order valence-corrected chi connectivity index (χ3v) is 14.5. The molecule has 4 aromatic carbocycles. The molecule has 17 nitrogen and oxygen atoms in total. The Balaban J connectivity index is 0.861. The van der Waals surface area contributed by atoms with E-state index < -0.39 is 12.1 Å². The molecule has 0 saturated carbocycles. The number of amides is 6. The lowest BCUT2D eigenvalue weighted by Crippen LogP contribution is -2.38. The van der Waals surface area contributed by atoms with Crippen LogP contribution in [0.15, 0.2) is 84.9 Å². The lowest BCUT2D eigenvalue weighted by Gasteiger charge is -2.23. The van der Waals surface area contributed by atoms with Crippen LogP contribution in [0.4, 0.5) is 16.2 Å². The summed E-state index contributed by atoms with van der Waals surface area (Å²) >= 11 is 14.1. The van der Waals surface area contributed by atoms with E-state index in [1.165, 1.54) is 28.9 Å². The zero-order valence-electron chi connectivity index (χ0n) is 39.9. The number of fused-ring (bicyclic) bond motifs is 6. The molecule has 0 radical (unpaired) electrons. The Kier molecular flexibility index (Phi) is 16.9. The molecule has 0 fully saturated rings. The molecule has 0 unspecified atom stereocenters. The van der Waals surface area contributed by atoms with E-state index in [1.807, 2.05) is 48.5 Å². The summed E-state index contributed by atoms with van der Waals surface area (Å²) < 4.78 is 28.1. The summed E-state index contributed by atoms with van der Waals surface area (Å²) in [7, 11) is 3.21. The number of likely N-dealkylation sites (N-methyl/N-ethyl adjacent to an activating group) is 2. The second kappa shape index (κ2) is 23.4. The number of alkyl halides is 2. The van der Waals surface area contributed by atoms with Crippen LogP contribution in [0.5, 0.6) is 11.5 Å². The molecule has 2 atom stereocenters. The number of carbonyl (C=O) groups excluding carboxylic acids is 7. The fourth-order valence-electron chi connectivity index (χ4n) is 9.01. The maximum absolute atomic E-state index is 14.5. The topological polar surface area (TPSA) is 182 Å². The molecule has 20 heteroatoms. The number of halogens is 2. The summed E-state index contributed by atoms with van der Waals surface area (Å²) in [5, 5.41) is 3.01. The predicted octanol–water partition coefficient (Wildman–Crippen LogP) is 7.20. The number of benzene rings is 4. The molecular formula is C52H53Cl2N5O12S. The molecule has 0 saturated heterocycles. The van der Waals surface area contributed by atoms with Crippen molar-refractivity contribution in [1.29, 1.82) is 0 Å². The van der Waals surface area contributed by atoms with E-state index in [1.54, 1.807) is 48.2 Å². The quantitative estimate of drug-likeness (QED) is 0.0237. The van der Waals surface area contributed by atoms with Gasteiger partial charge in [0.2, 0.25) is 5.91 Å². The monoisotopic (exact) mass is 1040 g/mol. The second-order valence-corrected chi connectivity index (χ2v) is 19.1. The van der Waals surface area contributed by atoms with E-state index in [4.69, 9.17) is 46.9 Å². The van der Waals surface area contributed by atoms with Crippen molar-refractivity contribution < 1.29 is 57.2 Å². The predicted molar refractivity (Wildman–Crippen MR) is 273 cm³/mol. The molecule has 1 aromatic heterocycles. The van der Waals surface area contributed by atoms with Crippen LogP contribution in [-0.2, 0) is 33.4 Å². The minimum atomic E-state index is -0.664. The maximum atomic E-state index is 14.5. The Morgan fingerprint density at radius 2 is 1.08 bits per heavy atom. The Labute approximate surface area is 429 Å². The van der Waals surface area contributed by atoms with Gasteiger partial charge in [-0.2, -0.15) is 0 Å². The highest BCUT2D eigenvalue weighted by Crippen LogP contribution is 2.48. The fraction of sp³-hybridized carbons (Fsp3) is 0.365. The van der Waals surface area contributed by atoms with Crippen molar-refractivity contribution in [2.45, 2.75) is 25.2 Å². The molecule has 8 rings (SSSR count). The average Bonchev–Trinajstić information content (AvgIpc) is 4.19. The molecular weight excluding hydrogens is 990 g/mol. The first-order valence-corrected chi connectivity index (χ1v) is 25.3. The van der Waals surface area contributed by atoms with Gasteiger partial charge in [0.25, 0.3) is 23.6 Å². The number of esters is 1. The Morgan fingerprint density at radius 1 is 0.625 bits per heavy atom. The van der Waals surface area contributed by atoms with Crippen molar-refractivity contribution in [3.63, 3.8) is 0 Å². The van der Waals surface area contributed by atoms with Gasteiger partial charge in [0.1, 0.15) is 11.5 Å². The van der Waals surface area contributed by atoms with Crippen LogP contribution in [0.3, 0.4) is 0 Å². The third kappa shape index (κ3) is 11.3. The number of rotatable bonds is 21. The van der Waals surface area contributed by atoms with E-state index in [0.717, 1.165) is 43.5 Å². The first-order valence-electron chi connectivity index (χ1n) is 23.4. The summed E-state index contributed by atoms with van der Waals surface area (Å²) in [6.45, 7) is 3.97. The minimum absolute atomic E-state index is 0.124. The highest BCUT2D eigenvalue weighted by Gasteiger charge is 2.39. The Morgan fingerprint density at radius 3 is 1.58 bits per heavy atom. The number of imide groups is 1. The Hall–Kier alpha value is -6.41. The van der Waals surface area contributed by atoms with E-state index >= 15 is 0 Å². The molecule has 3 aliphatic heterocycles. The van der Waals surface area contributed by atoms with Gasteiger partial charge in [-0.3, -0.25) is 33.7 Å². The van der Waals surface area contributed by atoms with Gasteiger partial charge >= 0.3 is 12.1 Å². The molecule has 0 N–H and O–H groups in total. The van der Waals surface area contributed by atoms with Crippen molar-refractivity contribution in [2.24, 2.45) is 0 Å². The molecule has 72 heavy (non-hydrogen) atoms. The smallest absolute Gasteiger partial charge is 0.415 e. The molecule has 5 aromatic rings. The zero-order valence-corrected chi connectivity index (χ0v) is 42.3. The van der Waals surface area contributed by atoms with Gasteiger partial charge in [-0.1, -0.05) is 48.5 Å². The van der Waals surface area contributed by atoms with Crippen molar-refractivity contribution in [1.82, 2.24) is 14.7 Å². The van der Waals surface area contributed by atoms with Crippen molar-refractivity contribution >= 4 is 109 Å². The number of hydrogen-bond donors (Lipinski definition) is 0. The third-order valence-electron chi connectivity index (χ3n) is 12.7. The number of ether oxygens (including phenoxy) is 5. The van der Waals surface area contributed by atoms with Crippen molar-refractivity contribution in [2.75, 3.05) is 108 Å². The largest absolute Gasteiger partial charge is 0.426 e.